The number of carbonyl (C=O) groups is 1. The number of nitrogens with one attached hydrogen (secondary N) is 1. The van der Waals surface area contributed by atoms with Crippen LogP contribution >= 0.6 is 23.7 Å². The quantitative estimate of drug-likeness (QED) is 0.322. The van der Waals surface area contributed by atoms with Gasteiger partial charge in [0.2, 0.25) is 5.91 Å². The first-order chi connectivity index (χ1) is 16.0. The average molecular weight is 503 g/mol. The van der Waals surface area contributed by atoms with Gasteiger partial charge in [-0.25, -0.2) is 10.4 Å². The van der Waals surface area contributed by atoms with Crippen molar-refractivity contribution in [2.45, 2.75) is 38.5 Å². The first kappa shape index (κ1) is 24.3. The maximum absolute atomic E-state index is 12.6. The van der Waals surface area contributed by atoms with Crippen molar-refractivity contribution in [1.82, 2.24) is 19.7 Å². The number of likely N-dealkylation sites (tertiary alicyclic amines) is 1. The highest BCUT2D eigenvalue weighted by Gasteiger charge is 2.25. The lowest BCUT2D eigenvalue weighted by atomic mass is 9.98. The molecular formula is C23H27ClN6O3S. The summed E-state index contributed by atoms with van der Waals surface area (Å²) >= 11 is 1.69. The predicted molar refractivity (Wildman–Crippen MR) is 135 cm³/mol. The third-order valence-electron chi connectivity index (χ3n) is 6.46. The number of hydrogen-bond acceptors (Lipinski definition) is 7. The number of nitrogens with zero attached hydrogens (tertiary/aromatic N) is 5. The fraction of sp³-hybridized carbons (Fsp3) is 0.435. The normalized spacial score (nSPS) is 18.6. The standard InChI is InChI=1S/C23H26N6O3S.ClH/c1-27-12-4-5-16(14-27)22(30)26-24-13-19-21(15-8-10-17(11-9-15)29(31)32)25-23-28(19)18-6-2-3-7-20(18)33-23;/h8-11,13,16H,2-7,12,14H2,1H3,(H,26,30);1H. The van der Waals surface area contributed by atoms with Crippen LogP contribution in [-0.4, -0.2) is 51.5 Å². The number of fused-ring (bicyclic) bond motifs is 3. The Bertz CT molecular complexity index is 1240. The largest absolute Gasteiger partial charge is 0.306 e. The summed E-state index contributed by atoms with van der Waals surface area (Å²) in [5.74, 6) is -0.128. The van der Waals surface area contributed by atoms with E-state index in [1.807, 2.05) is 7.05 Å². The van der Waals surface area contributed by atoms with Gasteiger partial charge in [0.25, 0.3) is 5.69 Å². The summed E-state index contributed by atoms with van der Waals surface area (Å²) in [6.45, 7) is 1.76. The Morgan fingerprint density at radius 2 is 2.03 bits per heavy atom. The van der Waals surface area contributed by atoms with Gasteiger partial charge in [0, 0.05) is 34.8 Å². The summed E-state index contributed by atoms with van der Waals surface area (Å²) in [5.41, 5.74) is 6.30. The summed E-state index contributed by atoms with van der Waals surface area (Å²) < 4.78 is 2.14. The van der Waals surface area contributed by atoms with Crippen LogP contribution in [0.3, 0.4) is 0 Å². The molecule has 1 atom stereocenters. The molecule has 11 heteroatoms. The van der Waals surface area contributed by atoms with Crippen LogP contribution in [-0.2, 0) is 17.6 Å². The van der Waals surface area contributed by atoms with Crippen LogP contribution in [0.1, 0.15) is 41.9 Å². The molecule has 180 valence electrons. The average Bonchev–Trinajstić information content (AvgIpc) is 3.35. The number of aromatic nitrogens is 2. The molecule has 3 aromatic rings. The molecule has 2 aromatic heterocycles. The van der Waals surface area contributed by atoms with Gasteiger partial charge in [-0.2, -0.15) is 5.10 Å². The summed E-state index contributed by atoms with van der Waals surface area (Å²) in [4.78, 5) is 32.5. The van der Waals surface area contributed by atoms with E-state index in [4.69, 9.17) is 4.98 Å². The van der Waals surface area contributed by atoms with E-state index in [0.717, 1.165) is 61.4 Å². The topological polar surface area (TPSA) is 105 Å². The van der Waals surface area contributed by atoms with E-state index in [-0.39, 0.29) is 29.9 Å². The van der Waals surface area contributed by atoms with Crippen LogP contribution in [0.2, 0.25) is 0 Å². The zero-order valence-electron chi connectivity index (χ0n) is 18.9. The van der Waals surface area contributed by atoms with Gasteiger partial charge in [-0.1, -0.05) is 0 Å². The van der Waals surface area contributed by atoms with Gasteiger partial charge in [0.15, 0.2) is 4.96 Å². The number of benzene rings is 1. The van der Waals surface area contributed by atoms with Gasteiger partial charge < -0.3 is 4.90 Å². The highest BCUT2D eigenvalue weighted by atomic mass is 35.5. The number of imidazole rings is 1. The number of hydrogen-bond donors (Lipinski definition) is 1. The van der Waals surface area contributed by atoms with E-state index >= 15 is 0 Å². The molecule has 1 amide bonds. The molecule has 1 N–H and O–H groups in total. The minimum atomic E-state index is -0.410. The van der Waals surface area contributed by atoms with Crippen molar-refractivity contribution < 1.29 is 9.72 Å². The first-order valence-corrected chi connectivity index (χ1v) is 12.1. The minimum Gasteiger partial charge on any atom is -0.306 e. The number of thiazole rings is 1. The zero-order chi connectivity index (χ0) is 22.9. The molecular weight excluding hydrogens is 476 g/mol. The van der Waals surface area contributed by atoms with E-state index in [1.165, 1.54) is 29.1 Å². The minimum absolute atomic E-state index is 0. The number of halogens is 1. The maximum Gasteiger partial charge on any atom is 0.269 e. The fourth-order valence-corrected chi connectivity index (χ4v) is 5.98. The van der Waals surface area contributed by atoms with Crippen molar-refractivity contribution in [2.75, 3.05) is 20.1 Å². The molecule has 3 heterocycles. The Morgan fingerprint density at radius 1 is 1.26 bits per heavy atom. The number of non-ortho nitro benzene ring substituents is 1. The van der Waals surface area contributed by atoms with E-state index in [1.54, 1.807) is 29.7 Å². The number of rotatable bonds is 5. The molecule has 0 saturated carbocycles. The van der Waals surface area contributed by atoms with Crippen molar-refractivity contribution in [2.24, 2.45) is 11.0 Å². The van der Waals surface area contributed by atoms with Crippen LogP contribution < -0.4 is 5.43 Å². The molecule has 1 fully saturated rings. The summed E-state index contributed by atoms with van der Waals surface area (Å²) in [5, 5.41) is 15.4. The van der Waals surface area contributed by atoms with Crippen LogP contribution in [0, 0.1) is 16.0 Å². The van der Waals surface area contributed by atoms with Crippen LogP contribution in [0.4, 0.5) is 5.69 Å². The number of amides is 1. The number of nitro groups is 1. The van der Waals surface area contributed by atoms with Gasteiger partial charge in [-0.15, -0.1) is 23.7 Å². The van der Waals surface area contributed by atoms with E-state index in [2.05, 4.69) is 19.8 Å². The second-order valence-electron chi connectivity index (χ2n) is 8.78. The highest BCUT2D eigenvalue weighted by Crippen LogP contribution is 2.34. The highest BCUT2D eigenvalue weighted by molar-refractivity contribution is 7.17. The van der Waals surface area contributed by atoms with Crippen molar-refractivity contribution in [3.63, 3.8) is 0 Å². The molecule has 1 aromatic carbocycles. The van der Waals surface area contributed by atoms with Gasteiger partial charge in [-0.3, -0.25) is 19.3 Å². The Morgan fingerprint density at radius 3 is 2.76 bits per heavy atom. The van der Waals surface area contributed by atoms with Crippen molar-refractivity contribution >= 4 is 46.5 Å². The first-order valence-electron chi connectivity index (χ1n) is 11.3. The number of hydrazone groups is 1. The van der Waals surface area contributed by atoms with Crippen molar-refractivity contribution in [3.8, 4) is 11.3 Å². The Balaban J connectivity index is 0.00000274. The number of aryl methyl sites for hydroxylation is 2. The molecule has 1 aliphatic heterocycles. The fourth-order valence-electron chi connectivity index (χ4n) is 4.76. The van der Waals surface area contributed by atoms with Gasteiger partial charge in [0.1, 0.15) is 0 Å². The zero-order valence-corrected chi connectivity index (χ0v) is 20.5. The van der Waals surface area contributed by atoms with Crippen LogP contribution in [0.25, 0.3) is 16.2 Å². The molecule has 0 spiro atoms. The number of carbonyl (C=O) groups excluding carboxylic acids is 1. The van der Waals surface area contributed by atoms with E-state index in [9.17, 15) is 14.9 Å². The van der Waals surface area contributed by atoms with Gasteiger partial charge in [-0.05, 0) is 64.3 Å². The predicted octanol–water partition coefficient (Wildman–Crippen LogP) is 4.06. The molecule has 5 rings (SSSR count). The number of nitro benzene ring substituents is 1. The Kier molecular flexibility index (Phi) is 7.30. The van der Waals surface area contributed by atoms with Gasteiger partial charge in [0.05, 0.1) is 28.4 Å². The van der Waals surface area contributed by atoms with Crippen molar-refractivity contribution in [3.05, 3.63) is 50.6 Å². The molecule has 0 radical (unpaired) electrons. The van der Waals surface area contributed by atoms with Crippen LogP contribution in [0.5, 0.6) is 0 Å². The Labute approximate surface area is 207 Å². The smallest absolute Gasteiger partial charge is 0.269 e. The third kappa shape index (κ3) is 4.70. The summed E-state index contributed by atoms with van der Waals surface area (Å²) in [7, 11) is 2.03. The lowest BCUT2D eigenvalue weighted by Gasteiger charge is -2.28. The number of piperidine rings is 1. The second kappa shape index (κ2) is 10.2. The van der Waals surface area contributed by atoms with E-state index in [0.29, 0.717) is 5.69 Å². The Hall–Kier alpha value is -2.82. The SMILES string of the molecule is CN1CCCC(C(=O)NN=Cc2c(-c3ccc([N+](=O)[O-])cc3)nc3sc4c(n23)CCCC4)C1.Cl. The molecule has 9 nitrogen and oxygen atoms in total. The lowest BCUT2D eigenvalue weighted by Crippen LogP contribution is -2.40. The summed E-state index contributed by atoms with van der Waals surface area (Å²) in [6.07, 6.45) is 7.89. The summed E-state index contributed by atoms with van der Waals surface area (Å²) in [6, 6.07) is 6.40. The second-order valence-corrected chi connectivity index (χ2v) is 9.84. The third-order valence-corrected chi connectivity index (χ3v) is 7.61. The lowest BCUT2D eigenvalue weighted by molar-refractivity contribution is -0.384. The van der Waals surface area contributed by atoms with E-state index < -0.39 is 4.92 Å². The maximum atomic E-state index is 12.6. The molecule has 34 heavy (non-hydrogen) atoms. The van der Waals surface area contributed by atoms with Crippen molar-refractivity contribution in [1.29, 1.82) is 0 Å². The monoisotopic (exact) mass is 502 g/mol. The molecule has 1 saturated heterocycles. The molecule has 1 unspecified atom stereocenters. The molecule has 2 aliphatic rings. The molecule has 1 aliphatic carbocycles. The van der Waals surface area contributed by atoms with Gasteiger partial charge >= 0.3 is 0 Å². The molecule has 0 bridgehead atoms. The van der Waals surface area contributed by atoms with Crippen LogP contribution in [0.15, 0.2) is 29.4 Å².